The van der Waals surface area contributed by atoms with Crippen LogP contribution in [-0.4, -0.2) is 29.1 Å². The van der Waals surface area contributed by atoms with Crippen molar-refractivity contribution in [3.05, 3.63) is 35.4 Å². The van der Waals surface area contributed by atoms with Crippen molar-refractivity contribution < 1.29 is 9.90 Å². The standard InChI is InChI=1S/C15H21NO2/c1-12-4-6-13(7-5-12)10-16-9-3-8-15(2,11-16)14(17)18/h4-7H,3,8-11H2,1-2H3,(H,17,18). The summed E-state index contributed by atoms with van der Waals surface area (Å²) < 4.78 is 0. The fourth-order valence-corrected chi connectivity index (χ4v) is 2.61. The lowest BCUT2D eigenvalue weighted by Gasteiger charge is -2.37. The zero-order valence-electron chi connectivity index (χ0n) is 11.1. The molecule has 0 bridgehead atoms. The van der Waals surface area contributed by atoms with E-state index >= 15 is 0 Å². The molecule has 0 amide bonds. The monoisotopic (exact) mass is 247 g/mol. The van der Waals surface area contributed by atoms with E-state index in [2.05, 4.69) is 36.1 Å². The second kappa shape index (κ2) is 5.11. The molecule has 1 aromatic rings. The number of aryl methyl sites for hydroxylation is 1. The summed E-state index contributed by atoms with van der Waals surface area (Å²) in [7, 11) is 0. The van der Waals surface area contributed by atoms with E-state index in [1.165, 1.54) is 11.1 Å². The highest BCUT2D eigenvalue weighted by atomic mass is 16.4. The Morgan fingerprint density at radius 1 is 1.39 bits per heavy atom. The second-order valence-corrected chi connectivity index (χ2v) is 5.67. The minimum absolute atomic E-state index is 0.580. The van der Waals surface area contributed by atoms with Gasteiger partial charge in [0.1, 0.15) is 0 Å². The molecule has 0 saturated carbocycles. The van der Waals surface area contributed by atoms with Crippen LogP contribution in [0.4, 0.5) is 0 Å². The number of benzene rings is 1. The Labute approximate surface area is 108 Å². The first-order chi connectivity index (χ1) is 8.49. The largest absolute Gasteiger partial charge is 0.481 e. The fourth-order valence-electron chi connectivity index (χ4n) is 2.61. The first-order valence-corrected chi connectivity index (χ1v) is 6.51. The topological polar surface area (TPSA) is 40.5 Å². The van der Waals surface area contributed by atoms with Crippen LogP contribution in [0.3, 0.4) is 0 Å². The highest BCUT2D eigenvalue weighted by molar-refractivity contribution is 5.74. The van der Waals surface area contributed by atoms with Gasteiger partial charge in [0.05, 0.1) is 5.41 Å². The Hall–Kier alpha value is -1.35. The average Bonchev–Trinajstić information content (AvgIpc) is 2.32. The minimum Gasteiger partial charge on any atom is -0.481 e. The Bertz CT molecular complexity index is 427. The fraction of sp³-hybridized carbons (Fsp3) is 0.533. The highest BCUT2D eigenvalue weighted by Gasteiger charge is 2.37. The summed E-state index contributed by atoms with van der Waals surface area (Å²) >= 11 is 0. The van der Waals surface area contributed by atoms with Gasteiger partial charge < -0.3 is 5.11 Å². The number of hydrogen-bond acceptors (Lipinski definition) is 2. The van der Waals surface area contributed by atoms with E-state index in [0.717, 1.165) is 25.9 Å². The highest BCUT2D eigenvalue weighted by Crippen LogP contribution is 2.30. The summed E-state index contributed by atoms with van der Waals surface area (Å²) in [6.45, 7) is 6.43. The SMILES string of the molecule is Cc1ccc(CN2CCCC(C)(C(=O)O)C2)cc1. The average molecular weight is 247 g/mol. The van der Waals surface area contributed by atoms with Gasteiger partial charge >= 0.3 is 5.97 Å². The van der Waals surface area contributed by atoms with Gasteiger partial charge in [-0.05, 0) is 38.8 Å². The van der Waals surface area contributed by atoms with Crippen molar-refractivity contribution in [2.45, 2.75) is 33.2 Å². The molecule has 2 rings (SSSR count). The maximum atomic E-state index is 11.3. The van der Waals surface area contributed by atoms with E-state index < -0.39 is 11.4 Å². The van der Waals surface area contributed by atoms with Crippen LogP contribution in [0.5, 0.6) is 0 Å². The summed E-state index contributed by atoms with van der Waals surface area (Å²) in [4.78, 5) is 13.5. The molecule has 1 aliphatic rings. The number of aliphatic carboxylic acids is 1. The smallest absolute Gasteiger partial charge is 0.310 e. The molecule has 1 N–H and O–H groups in total. The molecule has 18 heavy (non-hydrogen) atoms. The molecule has 1 aliphatic heterocycles. The molecule has 0 aromatic heterocycles. The van der Waals surface area contributed by atoms with Crippen molar-refractivity contribution in [1.82, 2.24) is 4.90 Å². The molecule has 98 valence electrons. The van der Waals surface area contributed by atoms with E-state index in [4.69, 9.17) is 0 Å². The minimum atomic E-state index is -0.670. The first-order valence-electron chi connectivity index (χ1n) is 6.51. The third-order valence-corrected chi connectivity index (χ3v) is 3.82. The zero-order valence-corrected chi connectivity index (χ0v) is 11.1. The number of hydrogen-bond donors (Lipinski definition) is 1. The Balaban J connectivity index is 2.02. The molecule has 1 atom stereocenters. The predicted molar refractivity (Wildman–Crippen MR) is 71.4 cm³/mol. The van der Waals surface area contributed by atoms with Gasteiger partial charge in [0.15, 0.2) is 0 Å². The summed E-state index contributed by atoms with van der Waals surface area (Å²) in [5.41, 5.74) is 1.94. The molecule has 1 aromatic carbocycles. The molecule has 0 aliphatic carbocycles. The number of rotatable bonds is 3. The van der Waals surface area contributed by atoms with Crippen LogP contribution in [0.25, 0.3) is 0 Å². The van der Waals surface area contributed by atoms with Crippen LogP contribution in [0.15, 0.2) is 24.3 Å². The van der Waals surface area contributed by atoms with Gasteiger partial charge in [-0.1, -0.05) is 29.8 Å². The number of likely N-dealkylation sites (tertiary alicyclic amines) is 1. The Kier molecular flexibility index (Phi) is 3.71. The summed E-state index contributed by atoms with van der Waals surface area (Å²) in [5.74, 6) is -0.670. The van der Waals surface area contributed by atoms with Crippen molar-refractivity contribution in [2.75, 3.05) is 13.1 Å². The zero-order chi connectivity index (χ0) is 13.2. The Morgan fingerprint density at radius 3 is 2.67 bits per heavy atom. The molecule has 3 nitrogen and oxygen atoms in total. The van der Waals surface area contributed by atoms with Gasteiger partial charge in [-0.15, -0.1) is 0 Å². The van der Waals surface area contributed by atoms with Crippen molar-refractivity contribution in [2.24, 2.45) is 5.41 Å². The van der Waals surface area contributed by atoms with Crippen LogP contribution < -0.4 is 0 Å². The van der Waals surface area contributed by atoms with Crippen LogP contribution in [-0.2, 0) is 11.3 Å². The van der Waals surface area contributed by atoms with Crippen molar-refractivity contribution in [3.8, 4) is 0 Å². The van der Waals surface area contributed by atoms with E-state index in [9.17, 15) is 9.90 Å². The van der Waals surface area contributed by atoms with E-state index in [1.54, 1.807) is 0 Å². The maximum Gasteiger partial charge on any atom is 0.310 e. The van der Waals surface area contributed by atoms with Gasteiger partial charge in [-0.3, -0.25) is 9.69 Å². The van der Waals surface area contributed by atoms with Crippen molar-refractivity contribution >= 4 is 5.97 Å². The molecule has 1 heterocycles. The van der Waals surface area contributed by atoms with Gasteiger partial charge in [-0.2, -0.15) is 0 Å². The molecule has 3 heteroatoms. The molecule has 0 spiro atoms. The van der Waals surface area contributed by atoms with E-state index in [-0.39, 0.29) is 0 Å². The Morgan fingerprint density at radius 2 is 2.06 bits per heavy atom. The second-order valence-electron chi connectivity index (χ2n) is 5.67. The third kappa shape index (κ3) is 2.91. The summed E-state index contributed by atoms with van der Waals surface area (Å²) in [5, 5.41) is 9.29. The lowest BCUT2D eigenvalue weighted by atomic mass is 9.82. The first kappa shape index (κ1) is 13.1. The normalized spacial score (nSPS) is 25.0. The van der Waals surface area contributed by atoms with Gasteiger partial charge in [0.25, 0.3) is 0 Å². The van der Waals surface area contributed by atoms with Crippen LogP contribution in [0.1, 0.15) is 30.9 Å². The number of carboxylic acids is 1. The lowest BCUT2D eigenvalue weighted by Crippen LogP contribution is -2.45. The lowest BCUT2D eigenvalue weighted by molar-refractivity contribution is -0.151. The van der Waals surface area contributed by atoms with Crippen molar-refractivity contribution in [1.29, 1.82) is 0 Å². The maximum absolute atomic E-state index is 11.3. The molecular weight excluding hydrogens is 226 g/mol. The summed E-state index contributed by atoms with van der Waals surface area (Å²) in [6, 6.07) is 8.47. The van der Waals surface area contributed by atoms with Crippen LogP contribution in [0.2, 0.25) is 0 Å². The van der Waals surface area contributed by atoms with E-state index in [0.29, 0.717) is 6.54 Å². The molecule has 0 radical (unpaired) electrons. The van der Waals surface area contributed by atoms with Crippen molar-refractivity contribution in [3.63, 3.8) is 0 Å². The number of piperidine rings is 1. The van der Waals surface area contributed by atoms with Gasteiger partial charge in [0.2, 0.25) is 0 Å². The molecule has 1 fully saturated rings. The molecule has 1 saturated heterocycles. The predicted octanol–water partition coefficient (Wildman–Crippen LogP) is 2.68. The number of carboxylic acid groups (broad SMARTS) is 1. The molecular formula is C15H21NO2. The number of carbonyl (C=O) groups is 1. The number of nitrogens with zero attached hydrogens (tertiary/aromatic N) is 1. The van der Waals surface area contributed by atoms with Gasteiger partial charge in [-0.25, -0.2) is 0 Å². The van der Waals surface area contributed by atoms with Crippen LogP contribution >= 0.6 is 0 Å². The molecule has 1 unspecified atom stereocenters. The summed E-state index contributed by atoms with van der Waals surface area (Å²) in [6.07, 6.45) is 1.75. The van der Waals surface area contributed by atoms with E-state index in [1.807, 2.05) is 6.92 Å². The van der Waals surface area contributed by atoms with Gasteiger partial charge in [0, 0.05) is 13.1 Å². The third-order valence-electron chi connectivity index (χ3n) is 3.82. The quantitative estimate of drug-likeness (QED) is 0.892. The van der Waals surface area contributed by atoms with Crippen LogP contribution in [0, 0.1) is 12.3 Å².